The van der Waals surface area contributed by atoms with Gasteiger partial charge in [-0.1, -0.05) is 39.0 Å². The predicted octanol–water partition coefficient (Wildman–Crippen LogP) is 2.92. The first-order valence-corrected chi connectivity index (χ1v) is 9.05. The first kappa shape index (κ1) is 17.5. The van der Waals surface area contributed by atoms with Gasteiger partial charge in [-0.25, -0.2) is 4.79 Å². The van der Waals surface area contributed by atoms with Gasteiger partial charge in [0.1, 0.15) is 5.76 Å². The lowest BCUT2D eigenvalue weighted by atomic mass is 10.1. The average Bonchev–Trinajstić information content (AvgIpc) is 3.09. The molecule has 7 nitrogen and oxygen atoms in total. The van der Waals surface area contributed by atoms with Crippen molar-refractivity contribution in [3.8, 4) is 0 Å². The molecule has 0 radical (unpaired) electrons. The Morgan fingerprint density at radius 1 is 1.04 bits per heavy atom. The first-order valence-electron chi connectivity index (χ1n) is 9.05. The molecule has 3 aromatic heterocycles. The minimum atomic E-state index is -0.318. The molecular formula is C18H26N4O3. The van der Waals surface area contributed by atoms with E-state index >= 15 is 0 Å². The van der Waals surface area contributed by atoms with Crippen molar-refractivity contribution in [1.29, 1.82) is 0 Å². The van der Waals surface area contributed by atoms with E-state index in [0.717, 1.165) is 30.7 Å². The first-order chi connectivity index (χ1) is 12.0. The number of aromatic nitrogens is 4. The summed E-state index contributed by atoms with van der Waals surface area (Å²) in [5.41, 5.74) is 1.01. The monoisotopic (exact) mass is 346 g/mol. The Labute approximate surface area is 145 Å². The molecule has 25 heavy (non-hydrogen) atoms. The van der Waals surface area contributed by atoms with Gasteiger partial charge in [0.25, 0.3) is 5.56 Å². The number of nitrogens with zero attached hydrogens (tertiary/aromatic N) is 4. The topological polar surface area (TPSA) is 74.4 Å². The molecule has 3 heterocycles. The lowest BCUT2D eigenvalue weighted by molar-refractivity contribution is 0.526. The number of aryl methyl sites for hydroxylation is 3. The Morgan fingerprint density at radius 3 is 2.44 bits per heavy atom. The third-order valence-electron chi connectivity index (χ3n) is 4.94. The van der Waals surface area contributed by atoms with Gasteiger partial charge in [-0.2, -0.15) is 4.98 Å². The minimum Gasteiger partial charge on any atom is -0.428 e. The van der Waals surface area contributed by atoms with Crippen molar-refractivity contribution < 1.29 is 4.42 Å². The van der Waals surface area contributed by atoms with Crippen molar-refractivity contribution in [3.05, 3.63) is 32.3 Å². The summed E-state index contributed by atoms with van der Waals surface area (Å²) in [7, 11) is 1.65. The van der Waals surface area contributed by atoms with Crippen LogP contribution >= 0.6 is 0 Å². The lowest BCUT2D eigenvalue weighted by Crippen LogP contribution is -2.39. The molecule has 0 saturated heterocycles. The second-order valence-electron chi connectivity index (χ2n) is 6.71. The van der Waals surface area contributed by atoms with Crippen LogP contribution in [0.4, 0.5) is 0 Å². The number of unbranched alkanes of at least 4 members (excludes halogenated alkanes) is 5. The number of oxazole rings is 1. The fraction of sp³-hybridized carbons (Fsp3) is 0.611. The van der Waals surface area contributed by atoms with Gasteiger partial charge in [0.2, 0.25) is 0 Å². The SMILES string of the molecule is CCCCCCCCn1c(=O)c2c(nc3oc(C)c(C)n32)n(C)c1=O. The highest BCUT2D eigenvalue weighted by Crippen LogP contribution is 2.19. The van der Waals surface area contributed by atoms with Crippen LogP contribution in [-0.2, 0) is 13.6 Å². The van der Waals surface area contributed by atoms with Gasteiger partial charge < -0.3 is 4.42 Å². The highest BCUT2D eigenvalue weighted by molar-refractivity contribution is 5.75. The molecule has 3 aromatic rings. The van der Waals surface area contributed by atoms with E-state index in [9.17, 15) is 9.59 Å². The summed E-state index contributed by atoms with van der Waals surface area (Å²) < 4.78 is 10.1. The van der Waals surface area contributed by atoms with Gasteiger partial charge in [-0.3, -0.25) is 18.3 Å². The molecule has 0 unspecified atom stereocenters. The van der Waals surface area contributed by atoms with Crippen LogP contribution in [0.3, 0.4) is 0 Å². The maximum absolute atomic E-state index is 13.0. The van der Waals surface area contributed by atoms with Gasteiger partial charge in [-0.15, -0.1) is 0 Å². The maximum Gasteiger partial charge on any atom is 0.332 e. The summed E-state index contributed by atoms with van der Waals surface area (Å²) in [6, 6.07) is 0. The normalized spacial score (nSPS) is 11.8. The summed E-state index contributed by atoms with van der Waals surface area (Å²) in [6.07, 6.45) is 6.65. The quantitative estimate of drug-likeness (QED) is 0.617. The molecular weight excluding hydrogens is 320 g/mol. The van der Waals surface area contributed by atoms with Crippen molar-refractivity contribution >= 4 is 17.0 Å². The van der Waals surface area contributed by atoms with E-state index in [1.807, 2.05) is 13.8 Å². The molecule has 0 bridgehead atoms. The second-order valence-corrected chi connectivity index (χ2v) is 6.71. The molecule has 0 fully saturated rings. The summed E-state index contributed by atoms with van der Waals surface area (Å²) in [5.74, 6) is 1.08. The van der Waals surface area contributed by atoms with Gasteiger partial charge >= 0.3 is 11.5 Å². The molecule has 0 atom stereocenters. The Balaban J connectivity index is 2.00. The van der Waals surface area contributed by atoms with E-state index in [-0.39, 0.29) is 11.2 Å². The van der Waals surface area contributed by atoms with Crippen molar-refractivity contribution in [2.45, 2.75) is 65.8 Å². The van der Waals surface area contributed by atoms with E-state index in [4.69, 9.17) is 4.42 Å². The Bertz CT molecular complexity index is 1020. The number of hydrogen-bond donors (Lipinski definition) is 0. The summed E-state index contributed by atoms with van der Waals surface area (Å²) in [6.45, 7) is 6.35. The Hall–Kier alpha value is -2.31. The van der Waals surface area contributed by atoms with E-state index in [1.165, 1.54) is 28.4 Å². The lowest BCUT2D eigenvalue weighted by Gasteiger charge is -2.08. The van der Waals surface area contributed by atoms with Crippen molar-refractivity contribution in [3.63, 3.8) is 0 Å². The van der Waals surface area contributed by atoms with Gasteiger partial charge in [-0.05, 0) is 20.3 Å². The van der Waals surface area contributed by atoms with Crippen LogP contribution in [0.2, 0.25) is 0 Å². The zero-order valence-corrected chi connectivity index (χ0v) is 15.5. The van der Waals surface area contributed by atoms with Gasteiger partial charge in [0.05, 0.1) is 5.69 Å². The summed E-state index contributed by atoms with van der Waals surface area (Å²) >= 11 is 0. The average molecular weight is 346 g/mol. The molecule has 0 aliphatic carbocycles. The number of hydrogen-bond acceptors (Lipinski definition) is 4. The van der Waals surface area contributed by atoms with Crippen molar-refractivity contribution in [2.75, 3.05) is 0 Å². The molecule has 0 amide bonds. The molecule has 136 valence electrons. The Kier molecular flexibility index (Phi) is 4.83. The van der Waals surface area contributed by atoms with Gasteiger partial charge in [0, 0.05) is 13.6 Å². The zero-order chi connectivity index (χ0) is 18.1. The van der Waals surface area contributed by atoms with Gasteiger partial charge in [0.15, 0.2) is 11.2 Å². The molecule has 0 spiro atoms. The van der Waals surface area contributed by atoms with Crippen molar-refractivity contribution in [2.24, 2.45) is 7.05 Å². The molecule has 3 rings (SSSR count). The van der Waals surface area contributed by atoms with Crippen LogP contribution in [0.15, 0.2) is 14.0 Å². The van der Waals surface area contributed by atoms with E-state index in [0.29, 0.717) is 23.6 Å². The third kappa shape index (κ3) is 2.92. The fourth-order valence-electron chi connectivity index (χ4n) is 3.30. The van der Waals surface area contributed by atoms with Crippen LogP contribution in [0.5, 0.6) is 0 Å². The fourth-order valence-corrected chi connectivity index (χ4v) is 3.30. The maximum atomic E-state index is 13.0. The van der Waals surface area contributed by atoms with Crippen molar-refractivity contribution in [1.82, 2.24) is 18.5 Å². The zero-order valence-electron chi connectivity index (χ0n) is 15.5. The highest BCUT2D eigenvalue weighted by atomic mass is 16.4. The minimum absolute atomic E-state index is 0.289. The largest absolute Gasteiger partial charge is 0.428 e. The summed E-state index contributed by atoms with van der Waals surface area (Å²) in [5, 5.41) is 0. The molecule has 7 heteroatoms. The second kappa shape index (κ2) is 6.90. The molecule has 0 aliphatic heterocycles. The van der Waals surface area contributed by atoms with Crippen LogP contribution in [0.25, 0.3) is 17.0 Å². The number of fused-ring (bicyclic) bond motifs is 3. The standard InChI is InChI=1S/C18H26N4O3/c1-5-6-7-8-9-10-11-21-16(23)14-15(20(4)18(21)24)19-17-22(14)12(2)13(3)25-17/h5-11H2,1-4H3. The van der Waals surface area contributed by atoms with Crippen LogP contribution in [0, 0.1) is 13.8 Å². The predicted molar refractivity (Wildman–Crippen MR) is 97.3 cm³/mol. The van der Waals surface area contributed by atoms with E-state index < -0.39 is 0 Å². The van der Waals surface area contributed by atoms with E-state index in [1.54, 1.807) is 11.4 Å². The molecule has 0 N–H and O–H groups in total. The summed E-state index contributed by atoms with van der Waals surface area (Å²) in [4.78, 5) is 29.9. The number of rotatable bonds is 7. The van der Waals surface area contributed by atoms with E-state index in [2.05, 4.69) is 11.9 Å². The number of imidazole rings is 1. The van der Waals surface area contributed by atoms with Crippen LogP contribution in [-0.4, -0.2) is 18.5 Å². The Morgan fingerprint density at radius 2 is 1.72 bits per heavy atom. The smallest absolute Gasteiger partial charge is 0.332 e. The van der Waals surface area contributed by atoms with Crippen LogP contribution < -0.4 is 11.2 Å². The third-order valence-corrected chi connectivity index (χ3v) is 4.94. The van der Waals surface area contributed by atoms with Crippen LogP contribution in [0.1, 0.15) is 56.9 Å². The molecule has 0 aliphatic rings. The molecule has 0 saturated carbocycles. The molecule has 0 aromatic carbocycles. The highest BCUT2D eigenvalue weighted by Gasteiger charge is 2.20.